The zero-order valence-electron chi connectivity index (χ0n) is 13.4. The van der Waals surface area contributed by atoms with Crippen molar-refractivity contribution < 1.29 is 39.1 Å². The second-order valence-corrected chi connectivity index (χ2v) is 8.66. The summed E-state index contributed by atoms with van der Waals surface area (Å²) < 4.78 is 21.8. The van der Waals surface area contributed by atoms with Gasteiger partial charge in [0.05, 0.1) is 0 Å². The van der Waals surface area contributed by atoms with Crippen molar-refractivity contribution >= 4 is 26.1 Å². The molecule has 0 aliphatic heterocycles. The Kier molecular flexibility index (Phi) is 11.4. The van der Waals surface area contributed by atoms with E-state index in [0.717, 1.165) is 38.5 Å². The minimum Gasteiger partial charge on any atom is -0.410 e. The first-order valence-electron chi connectivity index (χ1n) is 7.67. The third kappa shape index (κ3) is 10.9. The SMILES string of the molecule is O=P(O)(O)C(CCCCCCCCCCC(=NO)P(=O)(O)O)=NO. The van der Waals surface area contributed by atoms with Crippen LogP contribution in [0.1, 0.15) is 64.2 Å². The lowest BCUT2D eigenvalue weighted by Crippen LogP contribution is -2.00. The molecule has 0 saturated heterocycles. The maximum absolute atomic E-state index is 10.9. The van der Waals surface area contributed by atoms with Crippen molar-refractivity contribution in [3.8, 4) is 0 Å². The van der Waals surface area contributed by atoms with Gasteiger partial charge in [-0.3, -0.25) is 9.13 Å². The van der Waals surface area contributed by atoms with Crippen molar-refractivity contribution in [2.24, 2.45) is 10.3 Å². The van der Waals surface area contributed by atoms with Crippen LogP contribution in [-0.4, -0.2) is 40.9 Å². The highest BCUT2D eigenvalue weighted by Gasteiger charge is 2.23. The molecule has 0 bridgehead atoms. The van der Waals surface area contributed by atoms with Crippen LogP contribution in [-0.2, 0) is 9.13 Å². The second kappa shape index (κ2) is 11.7. The van der Waals surface area contributed by atoms with Crippen molar-refractivity contribution in [3.05, 3.63) is 0 Å². The molecular formula is C12H26N2O8P2. The van der Waals surface area contributed by atoms with Gasteiger partial charge in [0.25, 0.3) is 0 Å². The molecule has 0 spiro atoms. The quantitative estimate of drug-likeness (QED) is 0.0915. The molecule has 0 atom stereocenters. The van der Waals surface area contributed by atoms with E-state index >= 15 is 0 Å². The number of nitrogens with zero attached hydrogens (tertiary/aromatic N) is 2. The summed E-state index contributed by atoms with van der Waals surface area (Å²) in [5.41, 5.74) is -0.984. The van der Waals surface area contributed by atoms with Gasteiger partial charge >= 0.3 is 15.2 Å². The van der Waals surface area contributed by atoms with Crippen molar-refractivity contribution in [3.63, 3.8) is 0 Å². The van der Waals surface area contributed by atoms with E-state index in [4.69, 9.17) is 30.0 Å². The summed E-state index contributed by atoms with van der Waals surface area (Å²) in [6.07, 6.45) is 6.33. The van der Waals surface area contributed by atoms with Crippen LogP contribution in [0, 0.1) is 0 Å². The van der Waals surface area contributed by atoms with Gasteiger partial charge in [-0.15, -0.1) is 0 Å². The molecular weight excluding hydrogens is 362 g/mol. The van der Waals surface area contributed by atoms with Crippen molar-refractivity contribution in [2.75, 3.05) is 0 Å². The first kappa shape index (κ1) is 23.2. The topological polar surface area (TPSA) is 180 Å². The van der Waals surface area contributed by atoms with Crippen LogP contribution in [0.2, 0.25) is 0 Å². The predicted octanol–water partition coefficient (Wildman–Crippen LogP) is 2.82. The number of unbranched alkanes of at least 4 members (excludes halogenated alkanes) is 7. The first-order valence-corrected chi connectivity index (χ1v) is 10.9. The summed E-state index contributed by atoms with van der Waals surface area (Å²) >= 11 is 0. The lowest BCUT2D eigenvalue weighted by atomic mass is 10.1. The minimum atomic E-state index is -4.46. The second-order valence-electron chi connectivity index (χ2n) is 5.45. The van der Waals surface area contributed by atoms with Crippen LogP contribution < -0.4 is 0 Å². The molecule has 24 heavy (non-hydrogen) atoms. The van der Waals surface area contributed by atoms with Crippen molar-refractivity contribution in [1.29, 1.82) is 0 Å². The Balaban J connectivity index is 3.63. The third-order valence-corrected chi connectivity index (χ3v) is 5.43. The fourth-order valence-corrected chi connectivity index (χ4v) is 3.27. The van der Waals surface area contributed by atoms with E-state index in [1.807, 2.05) is 0 Å². The third-order valence-electron chi connectivity index (χ3n) is 3.45. The Labute approximate surface area is 140 Å². The Bertz CT molecular complexity index is 465. The molecule has 0 fully saturated rings. The number of rotatable bonds is 13. The van der Waals surface area contributed by atoms with Gasteiger partial charge in [0.1, 0.15) is 0 Å². The molecule has 0 amide bonds. The normalized spacial score (nSPS) is 14.2. The fraction of sp³-hybridized carbons (Fsp3) is 0.833. The highest BCUT2D eigenvalue weighted by Crippen LogP contribution is 2.39. The molecule has 0 aliphatic rings. The van der Waals surface area contributed by atoms with E-state index in [1.54, 1.807) is 0 Å². The van der Waals surface area contributed by atoms with E-state index in [9.17, 15) is 9.13 Å². The maximum atomic E-state index is 10.9. The van der Waals surface area contributed by atoms with Gasteiger partial charge in [0.15, 0.2) is 10.9 Å². The molecule has 0 aromatic carbocycles. The summed E-state index contributed by atoms with van der Waals surface area (Å²) in [6, 6.07) is 0. The summed E-state index contributed by atoms with van der Waals surface area (Å²) in [4.78, 5) is 35.4. The van der Waals surface area contributed by atoms with E-state index in [0.29, 0.717) is 12.8 Å². The smallest absolute Gasteiger partial charge is 0.373 e. The van der Waals surface area contributed by atoms with E-state index in [2.05, 4.69) is 10.3 Å². The Morgan fingerprint density at radius 1 is 0.583 bits per heavy atom. The van der Waals surface area contributed by atoms with Crippen LogP contribution >= 0.6 is 15.2 Å². The van der Waals surface area contributed by atoms with E-state index in [-0.39, 0.29) is 12.8 Å². The molecule has 12 heteroatoms. The van der Waals surface area contributed by atoms with E-state index in [1.165, 1.54) is 0 Å². The van der Waals surface area contributed by atoms with Crippen LogP contribution in [0.15, 0.2) is 10.3 Å². The monoisotopic (exact) mass is 388 g/mol. The van der Waals surface area contributed by atoms with E-state index < -0.39 is 26.1 Å². The van der Waals surface area contributed by atoms with Gasteiger partial charge in [-0.1, -0.05) is 48.8 Å². The first-order chi connectivity index (χ1) is 11.1. The Morgan fingerprint density at radius 3 is 1.04 bits per heavy atom. The molecule has 0 heterocycles. The zero-order chi connectivity index (χ0) is 18.6. The molecule has 0 aromatic rings. The Morgan fingerprint density at radius 2 is 0.833 bits per heavy atom. The fourth-order valence-electron chi connectivity index (χ4n) is 2.13. The van der Waals surface area contributed by atoms with Gasteiger partial charge in [-0.2, -0.15) is 0 Å². The van der Waals surface area contributed by atoms with Crippen LogP contribution in [0.5, 0.6) is 0 Å². The summed E-state index contributed by atoms with van der Waals surface area (Å²) in [5, 5.41) is 22.3. The average Bonchev–Trinajstić information content (AvgIpc) is 2.46. The lowest BCUT2D eigenvalue weighted by Gasteiger charge is -2.07. The van der Waals surface area contributed by atoms with Gasteiger partial charge in [0.2, 0.25) is 0 Å². The molecule has 0 aromatic heterocycles. The zero-order valence-corrected chi connectivity index (χ0v) is 15.1. The van der Waals surface area contributed by atoms with Crippen molar-refractivity contribution in [1.82, 2.24) is 0 Å². The highest BCUT2D eigenvalue weighted by molar-refractivity contribution is 7.70. The molecule has 0 saturated carbocycles. The molecule has 6 N–H and O–H groups in total. The maximum Gasteiger partial charge on any atom is 0.373 e. The van der Waals surface area contributed by atoms with Gasteiger partial charge < -0.3 is 30.0 Å². The molecule has 0 rings (SSSR count). The number of hydrogen-bond donors (Lipinski definition) is 6. The summed E-state index contributed by atoms with van der Waals surface area (Å²) in [7, 11) is -8.91. The molecule has 142 valence electrons. The largest absolute Gasteiger partial charge is 0.410 e. The lowest BCUT2D eigenvalue weighted by molar-refractivity contribution is 0.314. The summed E-state index contributed by atoms with van der Waals surface area (Å²) in [6.45, 7) is 0. The standard InChI is InChI=1S/C12H26N2O8P2/c15-13-11(23(17,18)19)9-7-5-3-1-2-4-6-8-10-12(14-16)24(20,21)22/h15-16H,1-10H2,(H2,17,18,19)(H2,20,21,22). The van der Waals surface area contributed by atoms with Crippen molar-refractivity contribution in [2.45, 2.75) is 64.2 Å². The van der Waals surface area contributed by atoms with Gasteiger partial charge in [0, 0.05) is 12.8 Å². The van der Waals surface area contributed by atoms with Crippen LogP contribution in [0.3, 0.4) is 0 Å². The average molecular weight is 388 g/mol. The number of oxime groups is 2. The highest BCUT2D eigenvalue weighted by atomic mass is 31.2. The van der Waals surface area contributed by atoms with Gasteiger partial charge in [-0.25, -0.2) is 0 Å². The predicted molar refractivity (Wildman–Crippen MR) is 88.7 cm³/mol. The minimum absolute atomic E-state index is 0.0619. The molecule has 0 radical (unpaired) electrons. The molecule has 10 nitrogen and oxygen atoms in total. The van der Waals surface area contributed by atoms with Crippen LogP contribution in [0.4, 0.5) is 0 Å². The van der Waals surface area contributed by atoms with Crippen LogP contribution in [0.25, 0.3) is 0 Å². The summed E-state index contributed by atoms with van der Waals surface area (Å²) in [5.74, 6) is 0. The Hall–Kier alpha value is -0.760. The number of hydrogen-bond acceptors (Lipinski definition) is 6. The molecule has 0 aliphatic carbocycles. The van der Waals surface area contributed by atoms with Gasteiger partial charge in [-0.05, 0) is 12.8 Å². The molecule has 0 unspecified atom stereocenters.